The van der Waals surface area contributed by atoms with E-state index < -0.39 is 46.1 Å². The number of hydrogen-bond donors (Lipinski definition) is 6. The van der Waals surface area contributed by atoms with Gasteiger partial charge in [0.05, 0.1) is 4.90 Å². The van der Waals surface area contributed by atoms with Crippen LogP contribution >= 0.6 is 0 Å². The first-order valence-electron chi connectivity index (χ1n) is 13.9. The predicted octanol–water partition coefficient (Wildman–Crippen LogP) is 1.67. The molecule has 1 heterocycles. The van der Waals surface area contributed by atoms with E-state index in [2.05, 4.69) is 15.6 Å². The molecule has 0 saturated carbocycles. The zero-order chi connectivity index (χ0) is 34.5. The number of carboxylic acid groups (broad SMARTS) is 2. The smallest absolute Gasteiger partial charge is 0.480 e. The second-order valence-electron chi connectivity index (χ2n) is 10.0. The third-order valence-electron chi connectivity index (χ3n) is 6.50. The number of carbonyl (C=O) groups is 4. The molecule has 0 aromatic heterocycles. The van der Waals surface area contributed by atoms with Crippen molar-refractivity contribution in [2.24, 2.45) is 16.5 Å². The van der Waals surface area contributed by atoms with Crippen molar-refractivity contribution in [1.29, 1.82) is 0 Å². The maximum Gasteiger partial charge on any atom is 0.490 e. The quantitative estimate of drug-likeness (QED) is 0.102. The minimum absolute atomic E-state index is 0.0146. The lowest BCUT2D eigenvalue weighted by molar-refractivity contribution is -0.192. The van der Waals surface area contributed by atoms with Crippen LogP contribution in [0.4, 0.5) is 18.9 Å². The molecule has 1 aliphatic rings. The fraction of sp³-hybridized carbons (Fsp3) is 0.393. The Balaban J connectivity index is 0.000000942. The van der Waals surface area contributed by atoms with Crippen LogP contribution < -0.4 is 22.1 Å². The van der Waals surface area contributed by atoms with E-state index in [1.165, 1.54) is 12.1 Å². The molecule has 0 radical (unpaired) electrons. The van der Waals surface area contributed by atoms with E-state index in [-0.39, 0.29) is 29.7 Å². The van der Waals surface area contributed by atoms with Crippen LogP contribution in [0.5, 0.6) is 0 Å². The number of aliphatic imine (C=N–C) groups is 1. The average molecular weight is 673 g/mol. The van der Waals surface area contributed by atoms with Crippen LogP contribution in [0.1, 0.15) is 37.7 Å². The molecule has 0 bridgehead atoms. The Bertz CT molecular complexity index is 1480. The SMILES string of the molecule is NC(N)=NCCCCC(=O)Nc1ccc(C[C@H](NC(=O)[C@@H]2CCCN2S(=O)(=O)c2ccccc2)C(=O)O)cc1.O=C(O)C(F)(F)F. The van der Waals surface area contributed by atoms with Crippen molar-refractivity contribution in [2.45, 2.75) is 61.7 Å². The van der Waals surface area contributed by atoms with Crippen LogP contribution in [0.25, 0.3) is 0 Å². The van der Waals surface area contributed by atoms with E-state index in [1.54, 1.807) is 42.5 Å². The Morgan fingerprint density at radius 3 is 2.15 bits per heavy atom. The third kappa shape index (κ3) is 12.0. The topological polar surface area (TPSA) is 235 Å². The summed E-state index contributed by atoms with van der Waals surface area (Å²) in [6.07, 6.45) is -2.72. The number of sulfonamides is 1. The van der Waals surface area contributed by atoms with Gasteiger partial charge in [-0.05, 0) is 55.5 Å². The van der Waals surface area contributed by atoms with Gasteiger partial charge in [0.2, 0.25) is 21.8 Å². The number of carbonyl (C=O) groups excluding carboxylic acids is 2. The van der Waals surface area contributed by atoms with Crippen LogP contribution in [-0.4, -0.2) is 84.0 Å². The summed E-state index contributed by atoms with van der Waals surface area (Å²) in [7, 11) is -3.90. The molecule has 8 N–H and O–H groups in total. The standard InChI is InChI=1S/C26H34N6O6S.C2HF3O2/c27-26(28)29-15-5-4-10-23(33)30-19-13-11-18(12-14-19)17-21(25(35)36)31-24(34)22-9-6-16-32(22)39(37,38)20-7-2-1-3-8-20;3-2(4,5)1(6)7/h1-3,7-8,11-14,21-22H,4-6,9-10,15-17H2,(H,30,33)(H,31,34)(H,35,36)(H4,27,28,29);(H,6,7)/t21-,22-;/m0./s1. The minimum Gasteiger partial charge on any atom is -0.480 e. The van der Waals surface area contributed by atoms with Gasteiger partial charge in [-0.25, -0.2) is 18.0 Å². The van der Waals surface area contributed by atoms with Crippen molar-refractivity contribution in [2.75, 3.05) is 18.4 Å². The molecule has 2 atom stereocenters. The molecule has 14 nitrogen and oxygen atoms in total. The zero-order valence-electron chi connectivity index (χ0n) is 24.4. The predicted molar refractivity (Wildman–Crippen MR) is 160 cm³/mol. The Morgan fingerprint density at radius 2 is 1.61 bits per heavy atom. The number of carboxylic acids is 2. The summed E-state index contributed by atoms with van der Waals surface area (Å²) < 4.78 is 59.0. The molecule has 1 saturated heterocycles. The van der Waals surface area contributed by atoms with E-state index >= 15 is 0 Å². The first kappa shape index (κ1) is 37.5. The van der Waals surface area contributed by atoms with Crippen LogP contribution in [0.2, 0.25) is 0 Å². The van der Waals surface area contributed by atoms with E-state index in [9.17, 15) is 41.1 Å². The number of halogens is 3. The molecule has 1 aliphatic heterocycles. The highest BCUT2D eigenvalue weighted by Crippen LogP contribution is 2.26. The number of guanidine groups is 1. The summed E-state index contributed by atoms with van der Waals surface area (Å²) in [6, 6.07) is 12.2. The van der Waals surface area contributed by atoms with Gasteiger partial charge in [0.15, 0.2) is 5.96 Å². The van der Waals surface area contributed by atoms with Gasteiger partial charge in [-0.3, -0.25) is 14.6 Å². The number of benzene rings is 2. The van der Waals surface area contributed by atoms with E-state index in [1.807, 2.05) is 0 Å². The van der Waals surface area contributed by atoms with Gasteiger partial charge in [0.25, 0.3) is 0 Å². The van der Waals surface area contributed by atoms with Gasteiger partial charge in [-0.15, -0.1) is 0 Å². The van der Waals surface area contributed by atoms with E-state index in [4.69, 9.17) is 21.4 Å². The summed E-state index contributed by atoms with van der Waals surface area (Å²) in [5, 5.41) is 22.1. The zero-order valence-corrected chi connectivity index (χ0v) is 25.3. The highest BCUT2D eigenvalue weighted by Gasteiger charge is 2.40. The summed E-state index contributed by atoms with van der Waals surface area (Å²) in [5.41, 5.74) is 11.7. The van der Waals surface area contributed by atoms with Crippen LogP contribution in [-0.2, 0) is 35.6 Å². The molecule has 2 amide bonds. The largest absolute Gasteiger partial charge is 0.490 e. The molecule has 0 aliphatic carbocycles. The lowest BCUT2D eigenvalue weighted by Gasteiger charge is -2.25. The van der Waals surface area contributed by atoms with Gasteiger partial charge in [-0.2, -0.15) is 17.5 Å². The molecule has 0 unspecified atom stereocenters. The normalized spacial score (nSPS) is 15.5. The first-order valence-corrected chi connectivity index (χ1v) is 15.3. The number of nitrogens with one attached hydrogen (secondary N) is 2. The molecule has 2 aromatic rings. The Labute approximate surface area is 262 Å². The van der Waals surface area contributed by atoms with E-state index in [0.29, 0.717) is 49.9 Å². The summed E-state index contributed by atoms with van der Waals surface area (Å²) in [6.45, 7) is 0.629. The van der Waals surface area contributed by atoms with Crippen molar-refractivity contribution in [3.8, 4) is 0 Å². The minimum atomic E-state index is -5.08. The molecule has 252 valence electrons. The van der Waals surface area contributed by atoms with Crippen LogP contribution in [0.3, 0.4) is 0 Å². The fourth-order valence-corrected chi connectivity index (χ4v) is 5.95. The number of nitrogens with two attached hydrogens (primary N) is 2. The number of nitrogens with zero attached hydrogens (tertiary/aromatic N) is 2. The van der Waals surface area contributed by atoms with Gasteiger partial charge in [0.1, 0.15) is 12.1 Å². The number of rotatable bonds is 13. The number of anilines is 1. The average Bonchev–Trinajstić information content (AvgIpc) is 3.49. The summed E-state index contributed by atoms with van der Waals surface area (Å²) >= 11 is 0. The lowest BCUT2D eigenvalue weighted by Crippen LogP contribution is -2.51. The molecular formula is C28H35F3N6O8S. The number of amides is 2. The molecule has 46 heavy (non-hydrogen) atoms. The van der Waals surface area contributed by atoms with Gasteiger partial charge >= 0.3 is 18.1 Å². The summed E-state index contributed by atoms with van der Waals surface area (Å²) in [4.78, 5) is 49.9. The van der Waals surface area contributed by atoms with Crippen molar-refractivity contribution < 1.29 is 51.0 Å². The number of aliphatic carboxylic acids is 2. The lowest BCUT2D eigenvalue weighted by atomic mass is 10.0. The molecule has 18 heteroatoms. The molecule has 0 spiro atoms. The summed E-state index contributed by atoms with van der Waals surface area (Å²) in [5.74, 6) is -4.80. The Hall–Kier alpha value is -4.71. The first-order chi connectivity index (χ1) is 21.5. The van der Waals surface area contributed by atoms with Crippen molar-refractivity contribution >= 4 is 45.4 Å². The maximum atomic E-state index is 13.1. The number of hydrogen-bond acceptors (Lipinski definition) is 7. The highest BCUT2D eigenvalue weighted by atomic mass is 32.2. The van der Waals surface area contributed by atoms with Gasteiger partial charge in [-0.1, -0.05) is 30.3 Å². The molecular weight excluding hydrogens is 637 g/mol. The monoisotopic (exact) mass is 672 g/mol. The Kier molecular flexibility index (Phi) is 13.9. The van der Waals surface area contributed by atoms with Crippen molar-refractivity contribution in [1.82, 2.24) is 9.62 Å². The number of unbranched alkanes of at least 4 members (excludes halogenated alkanes) is 1. The van der Waals surface area contributed by atoms with Crippen molar-refractivity contribution in [3.63, 3.8) is 0 Å². The Morgan fingerprint density at radius 1 is 1.00 bits per heavy atom. The fourth-order valence-electron chi connectivity index (χ4n) is 4.27. The van der Waals surface area contributed by atoms with E-state index in [0.717, 1.165) is 4.31 Å². The highest BCUT2D eigenvalue weighted by molar-refractivity contribution is 7.89. The maximum absolute atomic E-state index is 13.1. The molecule has 2 aromatic carbocycles. The molecule has 1 fully saturated rings. The van der Waals surface area contributed by atoms with Gasteiger partial charge in [0, 0.05) is 31.6 Å². The van der Waals surface area contributed by atoms with Crippen LogP contribution in [0, 0.1) is 0 Å². The second-order valence-corrected chi connectivity index (χ2v) is 11.9. The molecule has 3 rings (SSSR count). The number of alkyl halides is 3. The van der Waals surface area contributed by atoms with Crippen molar-refractivity contribution in [3.05, 3.63) is 60.2 Å². The van der Waals surface area contributed by atoms with Gasteiger partial charge < -0.3 is 32.3 Å². The second kappa shape index (κ2) is 17.1. The third-order valence-corrected chi connectivity index (χ3v) is 8.42. The van der Waals surface area contributed by atoms with Crippen LogP contribution in [0.15, 0.2) is 64.5 Å².